The Kier molecular flexibility index (Phi) is 4.78. The molecular weight excluding hydrogens is 228 g/mol. The van der Waals surface area contributed by atoms with Crippen molar-refractivity contribution in [3.63, 3.8) is 0 Å². The molecule has 18 heavy (non-hydrogen) atoms. The number of aliphatic hydroxyl groups is 1. The Labute approximate surface area is 109 Å². The number of nitrogens with zero attached hydrogens (tertiary/aromatic N) is 2. The van der Waals surface area contributed by atoms with Crippen molar-refractivity contribution < 1.29 is 9.84 Å². The van der Waals surface area contributed by atoms with Crippen molar-refractivity contribution >= 4 is 0 Å². The smallest absolute Gasteiger partial charge is 0.0650 e. The molecule has 1 aromatic rings. The third-order valence-corrected chi connectivity index (χ3v) is 3.48. The summed E-state index contributed by atoms with van der Waals surface area (Å²) in [5, 5.41) is 14.5. The van der Waals surface area contributed by atoms with Crippen molar-refractivity contribution in [3.05, 3.63) is 18.0 Å². The molecule has 0 saturated carbocycles. The highest BCUT2D eigenvalue weighted by Crippen LogP contribution is 2.18. The van der Waals surface area contributed by atoms with Crippen molar-refractivity contribution in [2.45, 2.75) is 64.2 Å². The molecule has 1 N–H and O–H groups in total. The van der Waals surface area contributed by atoms with Crippen LogP contribution >= 0.6 is 0 Å². The van der Waals surface area contributed by atoms with Crippen molar-refractivity contribution in [2.75, 3.05) is 6.61 Å². The third kappa shape index (κ3) is 3.82. The predicted octanol–water partition coefficient (Wildman–Crippen LogP) is 2.33. The maximum atomic E-state index is 10.0. The molecule has 1 aliphatic rings. The molecular formula is C14H24N2O2. The fourth-order valence-corrected chi connectivity index (χ4v) is 2.37. The van der Waals surface area contributed by atoms with Crippen LogP contribution in [0.1, 0.15) is 51.3 Å². The van der Waals surface area contributed by atoms with Crippen LogP contribution in [-0.2, 0) is 11.2 Å². The maximum absolute atomic E-state index is 10.0. The Morgan fingerprint density at radius 3 is 3.00 bits per heavy atom. The fraction of sp³-hybridized carbons (Fsp3) is 0.786. The van der Waals surface area contributed by atoms with E-state index in [4.69, 9.17) is 4.74 Å². The molecule has 1 aromatic heterocycles. The molecule has 0 aliphatic carbocycles. The summed E-state index contributed by atoms with van der Waals surface area (Å²) in [7, 11) is 0. The van der Waals surface area contributed by atoms with Gasteiger partial charge < -0.3 is 9.84 Å². The third-order valence-electron chi connectivity index (χ3n) is 3.48. The second kappa shape index (κ2) is 6.34. The van der Waals surface area contributed by atoms with E-state index in [9.17, 15) is 5.11 Å². The largest absolute Gasteiger partial charge is 0.393 e. The van der Waals surface area contributed by atoms with Crippen LogP contribution in [0.4, 0.5) is 0 Å². The number of hydrogen-bond acceptors (Lipinski definition) is 3. The number of aliphatic hydroxyl groups excluding tert-OH is 1. The van der Waals surface area contributed by atoms with Crippen LogP contribution in [0.15, 0.2) is 12.3 Å². The summed E-state index contributed by atoms with van der Waals surface area (Å²) >= 11 is 0. The Morgan fingerprint density at radius 2 is 2.39 bits per heavy atom. The quantitative estimate of drug-likeness (QED) is 0.845. The van der Waals surface area contributed by atoms with Gasteiger partial charge in [-0.1, -0.05) is 0 Å². The highest BCUT2D eigenvalue weighted by atomic mass is 16.5. The lowest BCUT2D eigenvalue weighted by atomic mass is 10.0. The van der Waals surface area contributed by atoms with Crippen LogP contribution in [0, 0.1) is 0 Å². The topological polar surface area (TPSA) is 47.3 Å². The van der Waals surface area contributed by atoms with Gasteiger partial charge in [-0.2, -0.15) is 5.10 Å². The molecule has 2 heterocycles. The van der Waals surface area contributed by atoms with E-state index in [2.05, 4.69) is 18.9 Å². The lowest BCUT2D eigenvalue weighted by Gasteiger charge is -2.13. The molecule has 1 fully saturated rings. The molecule has 2 unspecified atom stereocenters. The zero-order valence-electron chi connectivity index (χ0n) is 11.4. The van der Waals surface area contributed by atoms with Gasteiger partial charge in [-0.05, 0) is 45.6 Å². The molecule has 1 saturated heterocycles. The minimum atomic E-state index is -0.301. The van der Waals surface area contributed by atoms with Gasteiger partial charge in [0.25, 0.3) is 0 Å². The number of rotatable bonds is 6. The van der Waals surface area contributed by atoms with Crippen LogP contribution in [0.3, 0.4) is 0 Å². The highest BCUT2D eigenvalue weighted by Gasteiger charge is 2.17. The van der Waals surface area contributed by atoms with Crippen molar-refractivity contribution in [1.29, 1.82) is 0 Å². The summed E-state index contributed by atoms with van der Waals surface area (Å²) in [5.41, 5.74) is 0.976. The number of ether oxygens (including phenoxy) is 1. The monoisotopic (exact) mass is 252 g/mol. The zero-order chi connectivity index (χ0) is 13.0. The van der Waals surface area contributed by atoms with E-state index >= 15 is 0 Å². The van der Waals surface area contributed by atoms with Crippen LogP contribution in [0.5, 0.6) is 0 Å². The van der Waals surface area contributed by atoms with Crippen molar-refractivity contribution in [2.24, 2.45) is 0 Å². The lowest BCUT2D eigenvalue weighted by molar-refractivity contribution is 0.0810. The molecule has 2 atom stereocenters. The van der Waals surface area contributed by atoms with Gasteiger partial charge in [-0.3, -0.25) is 4.68 Å². The van der Waals surface area contributed by atoms with E-state index < -0.39 is 0 Å². The molecule has 1 aliphatic heterocycles. The Bertz CT molecular complexity index is 356. The van der Waals surface area contributed by atoms with Crippen LogP contribution < -0.4 is 0 Å². The van der Waals surface area contributed by atoms with Crippen LogP contribution in [-0.4, -0.2) is 33.7 Å². The second-order valence-corrected chi connectivity index (χ2v) is 5.45. The Hall–Kier alpha value is -0.870. The fourth-order valence-electron chi connectivity index (χ4n) is 2.37. The van der Waals surface area contributed by atoms with Gasteiger partial charge in [-0.25, -0.2) is 0 Å². The summed E-state index contributed by atoms with van der Waals surface area (Å²) in [5.74, 6) is 0. The van der Waals surface area contributed by atoms with E-state index in [1.165, 1.54) is 6.42 Å². The highest BCUT2D eigenvalue weighted by molar-refractivity contribution is 5.01. The Balaban J connectivity index is 1.73. The Morgan fingerprint density at radius 1 is 1.56 bits per heavy atom. The second-order valence-electron chi connectivity index (χ2n) is 5.45. The van der Waals surface area contributed by atoms with Gasteiger partial charge in [0.1, 0.15) is 0 Å². The molecule has 2 rings (SSSR count). The van der Waals surface area contributed by atoms with Crippen molar-refractivity contribution in [3.8, 4) is 0 Å². The van der Waals surface area contributed by atoms with E-state index in [1.807, 2.05) is 16.9 Å². The molecule has 0 aromatic carbocycles. The first-order chi connectivity index (χ1) is 8.65. The van der Waals surface area contributed by atoms with Gasteiger partial charge in [0.05, 0.1) is 17.9 Å². The summed E-state index contributed by atoms with van der Waals surface area (Å²) in [6.07, 6.45) is 6.77. The number of hydrogen-bond donors (Lipinski definition) is 1. The summed E-state index contributed by atoms with van der Waals surface area (Å²) < 4.78 is 7.49. The van der Waals surface area contributed by atoms with E-state index in [0.29, 0.717) is 18.6 Å². The summed E-state index contributed by atoms with van der Waals surface area (Å²) in [6, 6.07) is 2.37. The van der Waals surface area contributed by atoms with E-state index in [-0.39, 0.29) is 6.10 Å². The normalized spacial score (nSPS) is 21.7. The summed E-state index contributed by atoms with van der Waals surface area (Å²) in [4.78, 5) is 0. The maximum Gasteiger partial charge on any atom is 0.0650 e. The molecule has 102 valence electrons. The molecule has 4 heteroatoms. The molecule has 0 spiro atoms. The van der Waals surface area contributed by atoms with Gasteiger partial charge in [0, 0.05) is 25.3 Å². The number of aromatic nitrogens is 2. The molecule has 0 bridgehead atoms. The molecule has 0 amide bonds. The van der Waals surface area contributed by atoms with E-state index in [0.717, 1.165) is 31.6 Å². The predicted molar refractivity (Wildman–Crippen MR) is 70.5 cm³/mol. The van der Waals surface area contributed by atoms with Gasteiger partial charge in [-0.15, -0.1) is 0 Å². The molecule has 4 nitrogen and oxygen atoms in total. The average molecular weight is 252 g/mol. The first-order valence-electron chi connectivity index (χ1n) is 6.99. The lowest BCUT2D eigenvalue weighted by Crippen LogP contribution is -2.15. The minimum Gasteiger partial charge on any atom is -0.393 e. The zero-order valence-corrected chi connectivity index (χ0v) is 11.4. The van der Waals surface area contributed by atoms with E-state index in [1.54, 1.807) is 0 Å². The first-order valence-corrected chi connectivity index (χ1v) is 6.99. The SMILES string of the molecule is CC(C)n1ccc(CC(O)CCC2CCCO2)n1. The minimum absolute atomic E-state index is 0.301. The van der Waals surface area contributed by atoms with Crippen LogP contribution in [0.25, 0.3) is 0 Å². The van der Waals surface area contributed by atoms with Gasteiger partial charge >= 0.3 is 0 Å². The average Bonchev–Trinajstić information content (AvgIpc) is 2.96. The summed E-state index contributed by atoms with van der Waals surface area (Å²) in [6.45, 7) is 5.09. The van der Waals surface area contributed by atoms with Crippen molar-refractivity contribution in [1.82, 2.24) is 9.78 Å². The van der Waals surface area contributed by atoms with Gasteiger partial charge in [0.15, 0.2) is 0 Å². The first kappa shape index (κ1) is 13.6. The molecule has 0 radical (unpaired) electrons. The van der Waals surface area contributed by atoms with Gasteiger partial charge in [0.2, 0.25) is 0 Å². The standard InChI is InChI=1S/C14H24N2O2/c1-11(2)16-8-7-12(15-16)10-13(17)5-6-14-4-3-9-18-14/h7-8,11,13-14,17H,3-6,9-10H2,1-2H3. The van der Waals surface area contributed by atoms with Crippen LogP contribution in [0.2, 0.25) is 0 Å².